The van der Waals surface area contributed by atoms with Gasteiger partial charge in [0.25, 0.3) is 5.91 Å². The molecule has 4 rings (SSSR count). The second-order valence-corrected chi connectivity index (χ2v) is 8.88. The summed E-state index contributed by atoms with van der Waals surface area (Å²) in [4.78, 5) is 16.1. The smallest absolute Gasteiger partial charge is 0.273 e. The summed E-state index contributed by atoms with van der Waals surface area (Å²) in [6, 6.07) is 11.3. The van der Waals surface area contributed by atoms with Gasteiger partial charge in [0.15, 0.2) is 0 Å². The van der Waals surface area contributed by atoms with Gasteiger partial charge < -0.3 is 4.90 Å². The molecule has 1 atom stereocenters. The van der Waals surface area contributed by atoms with E-state index in [1.165, 1.54) is 0 Å². The SMILES string of the molecule is Cn1nc(-c2cccs2)cc1C(=O)N1CCSC1c1ccc(Cl)cc1Cl. The minimum atomic E-state index is -0.118. The van der Waals surface area contributed by atoms with E-state index in [0.29, 0.717) is 22.3 Å². The fourth-order valence-electron chi connectivity index (χ4n) is 3.00. The number of benzene rings is 1. The van der Waals surface area contributed by atoms with Gasteiger partial charge in [-0.2, -0.15) is 5.10 Å². The summed E-state index contributed by atoms with van der Waals surface area (Å²) in [6.45, 7) is 0.673. The molecule has 3 aromatic rings. The predicted molar refractivity (Wildman–Crippen MR) is 109 cm³/mol. The Bertz CT molecular complexity index is 956. The Labute approximate surface area is 169 Å². The van der Waals surface area contributed by atoms with Gasteiger partial charge in [0.05, 0.1) is 4.88 Å². The van der Waals surface area contributed by atoms with Crippen molar-refractivity contribution >= 4 is 52.2 Å². The molecule has 134 valence electrons. The number of carbonyl (C=O) groups is 1. The third-order valence-corrected chi connectivity index (χ3v) is 6.95. The van der Waals surface area contributed by atoms with Gasteiger partial charge in [-0.3, -0.25) is 9.48 Å². The fraction of sp³-hybridized carbons (Fsp3) is 0.222. The zero-order valence-electron chi connectivity index (χ0n) is 13.9. The maximum Gasteiger partial charge on any atom is 0.273 e. The largest absolute Gasteiger partial charge is 0.320 e. The van der Waals surface area contributed by atoms with Crippen LogP contribution in [0.25, 0.3) is 10.6 Å². The van der Waals surface area contributed by atoms with Crippen molar-refractivity contribution in [3.63, 3.8) is 0 Å². The predicted octanol–water partition coefficient (Wildman–Crippen LogP) is 5.34. The molecule has 26 heavy (non-hydrogen) atoms. The van der Waals surface area contributed by atoms with Gasteiger partial charge in [0.2, 0.25) is 0 Å². The van der Waals surface area contributed by atoms with Gasteiger partial charge >= 0.3 is 0 Å². The van der Waals surface area contributed by atoms with Gasteiger partial charge in [-0.1, -0.05) is 35.3 Å². The highest BCUT2D eigenvalue weighted by molar-refractivity contribution is 7.99. The molecule has 3 heterocycles. The molecule has 0 spiro atoms. The summed E-state index contributed by atoms with van der Waals surface area (Å²) in [5, 5.41) is 7.56. The number of thioether (sulfide) groups is 1. The van der Waals surface area contributed by atoms with Gasteiger partial charge in [0.1, 0.15) is 16.8 Å². The van der Waals surface area contributed by atoms with E-state index in [2.05, 4.69) is 5.10 Å². The van der Waals surface area contributed by atoms with Gasteiger partial charge in [-0.25, -0.2) is 0 Å². The molecule has 1 unspecified atom stereocenters. The van der Waals surface area contributed by atoms with Crippen LogP contribution in [0.1, 0.15) is 21.4 Å². The van der Waals surface area contributed by atoms with E-state index in [4.69, 9.17) is 23.2 Å². The van der Waals surface area contributed by atoms with Crippen LogP contribution in [0.15, 0.2) is 41.8 Å². The summed E-state index contributed by atoms with van der Waals surface area (Å²) in [5.74, 6) is 0.828. The molecule has 2 aromatic heterocycles. The maximum absolute atomic E-state index is 13.2. The van der Waals surface area contributed by atoms with Gasteiger partial charge in [-0.15, -0.1) is 23.1 Å². The highest BCUT2D eigenvalue weighted by Crippen LogP contribution is 2.42. The molecule has 1 aliphatic heterocycles. The van der Waals surface area contributed by atoms with Crippen LogP contribution in [0.2, 0.25) is 10.0 Å². The number of aryl methyl sites for hydroxylation is 1. The normalized spacial score (nSPS) is 17.0. The number of carbonyl (C=O) groups excluding carboxylic acids is 1. The molecule has 0 aliphatic carbocycles. The third kappa shape index (κ3) is 3.27. The van der Waals surface area contributed by atoms with Crippen LogP contribution in [0.4, 0.5) is 0 Å². The summed E-state index contributed by atoms with van der Waals surface area (Å²) >= 11 is 15.7. The van der Waals surface area contributed by atoms with E-state index in [1.807, 2.05) is 40.6 Å². The van der Waals surface area contributed by atoms with Crippen LogP contribution in [0, 0.1) is 0 Å². The van der Waals surface area contributed by atoms with Gasteiger partial charge in [0, 0.05) is 35.0 Å². The molecule has 4 nitrogen and oxygen atoms in total. The number of halogens is 2. The Morgan fingerprint density at radius 3 is 2.85 bits per heavy atom. The molecule has 8 heteroatoms. The van der Waals surface area contributed by atoms with E-state index in [-0.39, 0.29) is 11.3 Å². The highest BCUT2D eigenvalue weighted by atomic mass is 35.5. The number of hydrogen-bond acceptors (Lipinski definition) is 4. The zero-order chi connectivity index (χ0) is 18.3. The molecule has 1 saturated heterocycles. The van der Waals surface area contributed by atoms with Crippen molar-refractivity contribution in [2.24, 2.45) is 7.05 Å². The average molecular weight is 424 g/mol. The van der Waals surface area contributed by atoms with Crippen LogP contribution in [0.5, 0.6) is 0 Å². The van der Waals surface area contributed by atoms with Crippen LogP contribution in [-0.2, 0) is 7.05 Å². The number of nitrogens with zero attached hydrogens (tertiary/aromatic N) is 3. The standard InChI is InChI=1S/C18H15Cl2N3OS2/c1-22-15(10-14(21-22)16-3-2-7-25-16)17(24)23-6-8-26-18(23)12-5-4-11(19)9-13(12)20/h2-5,7,9-10,18H,6,8H2,1H3. The molecule has 0 bridgehead atoms. The lowest BCUT2D eigenvalue weighted by Crippen LogP contribution is -2.32. The monoisotopic (exact) mass is 423 g/mol. The Morgan fingerprint density at radius 1 is 1.27 bits per heavy atom. The Hall–Kier alpha value is -1.47. The van der Waals surface area contributed by atoms with Gasteiger partial charge in [-0.05, 0) is 29.6 Å². The first-order valence-corrected chi connectivity index (χ1v) is 10.7. The highest BCUT2D eigenvalue weighted by Gasteiger charge is 2.34. The molecule has 1 aliphatic rings. The van der Waals surface area contributed by atoms with E-state index in [0.717, 1.165) is 21.9 Å². The first-order valence-electron chi connectivity index (χ1n) is 8.00. The second-order valence-electron chi connectivity index (χ2n) is 5.90. The second kappa shape index (κ2) is 7.27. The molecule has 1 amide bonds. The van der Waals surface area contributed by atoms with Crippen molar-refractivity contribution in [1.29, 1.82) is 0 Å². The topological polar surface area (TPSA) is 38.1 Å². The summed E-state index contributed by atoms with van der Waals surface area (Å²) in [5.41, 5.74) is 2.30. The first-order chi connectivity index (χ1) is 12.5. The molecule has 0 N–H and O–H groups in total. The van der Waals surface area contributed by atoms with Crippen molar-refractivity contribution < 1.29 is 4.79 Å². The van der Waals surface area contributed by atoms with Crippen molar-refractivity contribution in [2.75, 3.05) is 12.3 Å². The average Bonchev–Trinajstić information content (AvgIpc) is 3.34. The lowest BCUT2D eigenvalue weighted by atomic mass is 10.2. The van der Waals surface area contributed by atoms with Crippen LogP contribution in [-0.4, -0.2) is 32.9 Å². The lowest BCUT2D eigenvalue weighted by molar-refractivity contribution is 0.0749. The fourth-order valence-corrected chi connectivity index (χ4v) is 5.55. The summed E-state index contributed by atoms with van der Waals surface area (Å²) < 4.78 is 1.65. The van der Waals surface area contributed by atoms with E-state index < -0.39 is 0 Å². The van der Waals surface area contributed by atoms with Crippen molar-refractivity contribution in [2.45, 2.75) is 5.37 Å². The van der Waals surface area contributed by atoms with Crippen LogP contribution < -0.4 is 0 Å². The number of thiophene rings is 1. The van der Waals surface area contributed by atoms with Crippen LogP contribution in [0.3, 0.4) is 0 Å². The molecule has 1 fully saturated rings. The summed E-state index contributed by atoms with van der Waals surface area (Å²) in [7, 11) is 1.80. The minimum Gasteiger partial charge on any atom is -0.320 e. The Morgan fingerprint density at radius 2 is 2.12 bits per heavy atom. The van der Waals surface area contributed by atoms with Crippen LogP contribution >= 0.6 is 46.3 Å². The number of amides is 1. The number of aromatic nitrogens is 2. The minimum absolute atomic E-state index is 0.0381. The van der Waals surface area contributed by atoms with Crippen molar-refractivity contribution in [3.8, 4) is 10.6 Å². The first kappa shape index (κ1) is 17.9. The zero-order valence-corrected chi connectivity index (χ0v) is 17.0. The molecular weight excluding hydrogens is 409 g/mol. The van der Waals surface area contributed by atoms with Crippen molar-refractivity contribution in [3.05, 3.63) is 63.1 Å². The molecule has 1 aromatic carbocycles. The Kier molecular flexibility index (Phi) is 5.01. The molecular formula is C18H15Cl2N3OS2. The Balaban J connectivity index is 1.65. The lowest BCUT2D eigenvalue weighted by Gasteiger charge is -2.24. The van der Waals surface area contributed by atoms with E-state index >= 15 is 0 Å². The third-order valence-electron chi connectivity index (χ3n) is 4.25. The molecule has 0 saturated carbocycles. The number of rotatable bonds is 3. The number of hydrogen-bond donors (Lipinski definition) is 0. The summed E-state index contributed by atoms with van der Waals surface area (Å²) in [6.07, 6.45) is 0. The maximum atomic E-state index is 13.2. The van der Waals surface area contributed by atoms with Crippen molar-refractivity contribution in [1.82, 2.24) is 14.7 Å². The molecule has 0 radical (unpaired) electrons. The van der Waals surface area contributed by atoms with E-state index in [1.54, 1.807) is 40.9 Å². The van der Waals surface area contributed by atoms with E-state index in [9.17, 15) is 4.79 Å². The quantitative estimate of drug-likeness (QED) is 0.570.